The summed E-state index contributed by atoms with van der Waals surface area (Å²) in [5.74, 6) is -0.0201. The van der Waals surface area contributed by atoms with Gasteiger partial charge >= 0.3 is 0 Å². The third kappa shape index (κ3) is 4.68. The average Bonchev–Trinajstić information content (AvgIpc) is 2.84. The van der Waals surface area contributed by atoms with Gasteiger partial charge in [-0.25, -0.2) is 0 Å². The predicted molar refractivity (Wildman–Crippen MR) is 130 cm³/mol. The van der Waals surface area contributed by atoms with Crippen LogP contribution in [0.15, 0.2) is 109 Å². The molecule has 0 aromatic heterocycles. The van der Waals surface area contributed by atoms with E-state index in [9.17, 15) is 15.0 Å². The van der Waals surface area contributed by atoms with Crippen LogP contribution >= 0.6 is 0 Å². The largest absolute Gasteiger partial charge is 0.507 e. The zero-order chi connectivity index (χ0) is 22.3. The minimum absolute atomic E-state index is 0.0969. The molecule has 0 aliphatic heterocycles. The molecule has 0 fully saturated rings. The highest BCUT2D eigenvalue weighted by Gasteiger charge is 2.20. The Bertz CT molecular complexity index is 1190. The molecule has 0 saturated carbocycles. The second-order valence-electron chi connectivity index (χ2n) is 7.29. The molecule has 0 aliphatic carbocycles. The molecule has 3 nitrogen and oxygen atoms in total. The van der Waals surface area contributed by atoms with E-state index >= 15 is 0 Å². The topological polar surface area (TPSA) is 57.5 Å². The number of Topliss-reactive ketones (excluding diaryl/α,β-unsaturated/α-hetero) is 1. The number of rotatable bonds is 6. The molecule has 4 aromatic carbocycles. The van der Waals surface area contributed by atoms with Crippen molar-refractivity contribution in [2.45, 2.75) is 0 Å². The van der Waals surface area contributed by atoms with E-state index in [4.69, 9.17) is 0 Å². The van der Waals surface area contributed by atoms with Crippen LogP contribution in [0.2, 0.25) is 0 Å². The van der Waals surface area contributed by atoms with Crippen LogP contribution in [0, 0.1) is 0 Å². The third-order valence-electron chi connectivity index (χ3n) is 5.13. The second-order valence-corrected chi connectivity index (χ2v) is 7.29. The van der Waals surface area contributed by atoms with Crippen molar-refractivity contribution in [3.8, 4) is 11.5 Å². The molecule has 0 spiro atoms. The number of carbonyl (C=O) groups is 1. The molecule has 4 aromatic rings. The maximum Gasteiger partial charge on any atom is 0.194 e. The minimum atomic E-state index is -0.214. The summed E-state index contributed by atoms with van der Waals surface area (Å²) in [7, 11) is 0. The summed E-state index contributed by atoms with van der Waals surface area (Å²) in [5.41, 5.74) is 3.46. The fraction of sp³-hybridized carbons (Fsp3) is 0. The number of aromatic hydroxyl groups is 2. The van der Waals surface area contributed by atoms with Crippen LogP contribution in [0.5, 0.6) is 11.5 Å². The van der Waals surface area contributed by atoms with E-state index in [0.717, 1.165) is 11.1 Å². The van der Waals surface area contributed by atoms with Crippen LogP contribution in [0.4, 0.5) is 0 Å². The monoisotopic (exact) mass is 418 g/mol. The minimum Gasteiger partial charge on any atom is -0.507 e. The zero-order valence-corrected chi connectivity index (χ0v) is 17.3. The lowest BCUT2D eigenvalue weighted by molar-refractivity contribution is -0.108. The summed E-state index contributed by atoms with van der Waals surface area (Å²) in [6.07, 6.45) is 3.41. The zero-order valence-electron chi connectivity index (χ0n) is 17.3. The molecule has 0 aliphatic rings. The molecule has 156 valence electrons. The van der Waals surface area contributed by atoms with E-state index in [2.05, 4.69) is 0 Å². The van der Waals surface area contributed by atoms with Crippen molar-refractivity contribution in [3.63, 3.8) is 0 Å². The summed E-state index contributed by atoms with van der Waals surface area (Å²) in [6, 6.07) is 32.6. The maximum absolute atomic E-state index is 14.0. The number of carbonyl (C=O) groups excluding carboxylic acids is 1. The first-order valence-electron chi connectivity index (χ1n) is 10.3. The number of benzene rings is 4. The van der Waals surface area contributed by atoms with E-state index in [1.54, 1.807) is 48.6 Å². The number of ketones is 1. The van der Waals surface area contributed by atoms with Crippen LogP contribution in [-0.4, -0.2) is 16.0 Å². The lowest BCUT2D eigenvalue weighted by Crippen LogP contribution is -2.05. The van der Waals surface area contributed by atoms with Crippen molar-refractivity contribution in [1.82, 2.24) is 0 Å². The fourth-order valence-electron chi connectivity index (χ4n) is 3.47. The average molecular weight is 418 g/mol. The molecule has 2 N–H and O–H groups in total. The Morgan fingerprint density at radius 1 is 0.500 bits per heavy atom. The molecule has 0 bridgehead atoms. The fourth-order valence-corrected chi connectivity index (χ4v) is 3.47. The van der Waals surface area contributed by atoms with Crippen LogP contribution in [0.25, 0.3) is 23.3 Å². The van der Waals surface area contributed by atoms with Crippen molar-refractivity contribution in [2.75, 3.05) is 0 Å². The van der Waals surface area contributed by atoms with Crippen molar-refractivity contribution < 1.29 is 15.0 Å². The number of phenols is 2. The number of hydrogen-bond donors (Lipinski definition) is 2. The summed E-state index contributed by atoms with van der Waals surface area (Å²) < 4.78 is 0. The first-order valence-corrected chi connectivity index (χ1v) is 10.3. The normalized spacial score (nSPS) is 11.9. The molecular weight excluding hydrogens is 396 g/mol. The highest BCUT2D eigenvalue weighted by Crippen LogP contribution is 2.32. The third-order valence-corrected chi connectivity index (χ3v) is 5.13. The van der Waals surface area contributed by atoms with Crippen LogP contribution in [0.3, 0.4) is 0 Å². The molecule has 0 unspecified atom stereocenters. The first kappa shape index (κ1) is 20.9. The van der Waals surface area contributed by atoms with Crippen molar-refractivity contribution in [2.24, 2.45) is 0 Å². The molecule has 0 saturated heterocycles. The maximum atomic E-state index is 14.0. The van der Waals surface area contributed by atoms with Gasteiger partial charge in [-0.15, -0.1) is 0 Å². The summed E-state index contributed by atoms with van der Waals surface area (Å²) >= 11 is 0. The van der Waals surface area contributed by atoms with Gasteiger partial charge in [0, 0.05) is 22.3 Å². The van der Waals surface area contributed by atoms with E-state index in [1.165, 1.54) is 0 Å². The Morgan fingerprint density at radius 2 is 0.844 bits per heavy atom. The first-order chi connectivity index (χ1) is 15.6. The number of para-hydroxylation sites is 2. The second kappa shape index (κ2) is 9.63. The van der Waals surface area contributed by atoms with E-state index in [0.29, 0.717) is 22.3 Å². The Morgan fingerprint density at radius 3 is 1.22 bits per heavy atom. The number of phenolic OH excluding ortho intramolecular Hbond substituents is 2. The Hall–Kier alpha value is -4.37. The molecule has 0 radical (unpaired) electrons. The van der Waals surface area contributed by atoms with Gasteiger partial charge in [0.15, 0.2) is 5.78 Å². The van der Waals surface area contributed by atoms with Gasteiger partial charge in [0.2, 0.25) is 0 Å². The van der Waals surface area contributed by atoms with Gasteiger partial charge < -0.3 is 10.2 Å². The lowest BCUT2D eigenvalue weighted by Gasteiger charge is -2.13. The molecule has 32 heavy (non-hydrogen) atoms. The summed E-state index contributed by atoms with van der Waals surface area (Å²) in [5, 5.41) is 20.6. The van der Waals surface area contributed by atoms with E-state index in [1.807, 2.05) is 72.8 Å². The smallest absolute Gasteiger partial charge is 0.194 e. The summed E-state index contributed by atoms with van der Waals surface area (Å²) in [6.45, 7) is 0. The van der Waals surface area contributed by atoms with Gasteiger partial charge in [0.1, 0.15) is 11.5 Å². The van der Waals surface area contributed by atoms with E-state index in [-0.39, 0.29) is 17.3 Å². The molecule has 0 heterocycles. The van der Waals surface area contributed by atoms with Gasteiger partial charge in [0.25, 0.3) is 0 Å². The van der Waals surface area contributed by atoms with Crippen molar-refractivity contribution in [1.29, 1.82) is 0 Å². The number of allylic oxidation sites excluding steroid dienone is 2. The van der Waals surface area contributed by atoms with E-state index < -0.39 is 0 Å². The van der Waals surface area contributed by atoms with Crippen LogP contribution in [0.1, 0.15) is 22.3 Å². The van der Waals surface area contributed by atoms with Gasteiger partial charge in [-0.3, -0.25) is 4.79 Å². The highest BCUT2D eigenvalue weighted by atomic mass is 16.3. The quantitative estimate of drug-likeness (QED) is 0.279. The van der Waals surface area contributed by atoms with Crippen molar-refractivity contribution in [3.05, 3.63) is 131 Å². The SMILES string of the molecule is O=C(C(=Cc1ccccc1O)c1ccccc1)C(=Cc1ccccc1O)c1ccccc1. The predicted octanol–water partition coefficient (Wildman–Crippen LogP) is 6.45. The Kier molecular flexibility index (Phi) is 6.28. The Labute approximate surface area is 187 Å². The lowest BCUT2D eigenvalue weighted by atomic mass is 9.90. The Balaban J connectivity index is 1.91. The van der Waals surface area contributed by atoms with Gasteiger partial charge in [-0.1, -0.05) is 97.1 Å². The van der Waals surface area contributed by atoms with Crippen LogP contribution in [-0.2, 0) is 4.79 Å². The van der Waals surface area contributed by atoms with Crippen LogP contribution < -0.4 is 0 Å². The van der Waals surface area contributed by atoms with Gasteiger partial charge in [0.05, 0.1) is 0 Å². The highest BCUT2D eigenvalue weighted by molar-refractivity contribution is 6.46. The number of hydrogen-bond acceptors (Lipinski definition) is 3. The summed E-state index contributed by atoms with van der Waals surface area (Å²) in [4.78, 5) is 14.0. The molecule has 3 heteroatoms. The molecular formula is C29H22O3. The van der Waals surface area contributed by atoms with Gasteiger partial charge in [-0.2, -0.15) is 0 Å². The van der Waals surface area contributed by atoms with Gasteiger partial charge in [-0.05, 0) is 35.4 Å². The molecule has 0 amide bonds. The molecule has 0 atom stereocenters. The van der Waals surface area contributed by atoms with Crippen molar-refractivity contribution >= 4 is 29.1 Å². The standard InChI is InChI=1S/C29H22O3/c30-27-17-9-7-15-23(27)19-25(21-11-3-1-4-12-21)29(32)26(22-13-5-2-6-14-22)20-24-16-8-10-18-28(24)31/h1-20,30-31H. The molecule has 4 rings (SSSR count).